The molecular weight excluding hydrogens is 276 g/mol. The standard InChI is InChI=1S/C11H5F6NO/c12-6-2-1-3-7-8(6)5(4-18-7)9(19)10(13,14)11(15,16)17/h1-4,18H. The number of carbonyl (C=O) groups is 1. The number of nitrogens with one attached hydrogen (secondary N) is 1. The van der Waals surface area contributed by atoms with Gasteiger partial charge in [0.2, 0.25) is 5.78 Å². The van der Waals surface area contributed by atoms with Crippen molar-refractivity contribution in [3.63, 3.8) is 0 Å². The Labute approximate surface area is 102 Å². The van der Waals surface area contributed by atoms with Crippen molar-refractivity contribution in [2.75, 3.05) is 0 Å². The summed E-state index contributed by atoms with van der Waals surface area (Å²) < 4.78 is 75.6. The van der Waals surface area contributed by atoms with Crippen molar-refractivity contribution in [2.45, 2.75) is 12.1 Å². The first-order valence-corrected chi connectivity index (χ1v) is 4.91. The number of hydrogen-bond donors (Lipinski definition) is 1. The number of benzene rings is 1. The molecule has 2 rings (SSSR count). The van der Waals surface area contributed by atoms with Crippen molar-refractivity contribution < 1.29 is 31.1 Å². The lowest BCUT2D eigenvalue weighted by molar-refractivity contribution is -0.255. The average molecular weight is 281 g/mol. The van der Waals surface area contributed by atoms with Crippen LogP contribution in [0, 0.1) is 5.82 Å². The first-order chi connectivity index (χ1) is 8.66. The van der Waals surface area contributed by atoms with Gasteiger partial charge in [0.1, 0.15) is 5.82 Å². The minimum Gasteiger partial charge on any atom is -0.360 e. The van der Waals surface area contributed by atoms with E-state index in [1.54, 1.807) is 0 Å². The van der Waals surface area contributed by atoms with Crippen LogP contribution in [-0.4, -0.2) is 22.9 Å². The predicted octanol–water partition coefficient (Wildman–Crippen LogP) is 3.69. The van der Waals surface area contributed by atoms with Gasteiger partial charge in [-0.3, -0.25) is 4.79 Å². The van der Waals surface area contributed by atoms with Crippen LogP contribution in [0.2, 0.25) is 0 Å². The van der Waals surface area contributed by atoms with Gasteiger partial charge in [-0.05, 0) is 12.1 Å². The van der Waals surface area contributed by atoms with Crippen molar-refractivity contribution in [3.8, 4) is 0 Å². The first-order valence-electron chi connectivity index (χ1n) is 4.91. The molecule has 0 spiro atoms. The molecule has 2 aromatic rings. The minimum atomic E-state index is -6.03. The SMILES string of the molecule is O=C(c1c[nH]c2cccc(F)c12)C(F)(F)C(F)(F)F. The van der Waals surface area contributed by atoms with Crippen LogP contribution in [0.15, 0.2) is 24.4 Å². The number of aromatic amines is 1. The van der Waals surface area contributed by atoms with Gasteiger partial charge >= 0.3 is 12.1 Å². The zero-order chi connectivity index (χ0) is 14.4. The smallest absolute Gasteiger partial charge is 0.360 e. The van der Waals surface area contributed by atoms with Crippen LogP contribution in [0.1, 0.15) is 10.4 Å². The topological polar surface area (TPSA) is 32.9 Å². The third kappa shape index (κ3) is 1.96. The Kier molecular flexibility index (Phi) is 2.83. The number of H-pyrrole nitrogens is 1. The normalized spacial score (nSPS) is 12.9. The summed E-state index contributed by atoms with van der Waals surface area (Å²) >= 11 is 0. The van der Waals surface area contributed by atoms with Gasteiger partial charge < -0.3 is 4.98 Å². The van der Waals surface area contributed by atoms with Gasteiger partial charge in [-0.25, -0.2) is 4.39 Å². The van der Waals surface area contributed by atoms with Crippen molar-refractivity contribution in [2.24, 2.45) is 0 Å². The summed E-state index contributed by atoms with van der Waals surface area (Å²) in [6, 6.07) is 3.34. The molecule has 1 N–H and O–H groups in total. The van der Waals surface area contributed by atoms with E-state index in [9.17, 15) is 31.1 Å². The monoisotopic (exact) mass is 281 g/mol. The number of rotatable bonds is 2. The number of Topliss-reactive ketones (excluding diaryl/α,β-unsaturated/α-hetero) is 1. The fraction of sp³-hybridized carbons (Fsp3) is 0.182. The highest BCUT2D eigenvalue weighted by atomic mass is 19.4. The third-order valence-corrected chi connectivity index (χ3v) is 2.54. The van der Waals surface area contributed by atoms with Gasteiger partial charge in [-0.15, -0.1) is 0 Å². The second-order valence-corrected chi connectivity index (χ2v) is 3.77. The molecule has 102 valence electrons. The van der Waals surface area contributed by atoms with E-state index in [-0.39, 0.29) is 5.52 Å². The molecule has 0 aliphatic heterocycles. The Morgan fingerprint density at radius 3 is 2.32 bits per heavy atom. The summed E-state index contributed by atoms with van der Waals surface area (Å²) in [4.78, 5) is 13.6. The molecule has 1 heterocycles. The fourth-order valence-electron chi connectivity index (χ4n) is 1.62. The molecule has 0 fully saturated rings. The fourth-order valence-corrected chi connectivity index (χ4v) is 1.62. The summed E-state index contributed by atoms with van der Waals surface area (Å²) in [5, 5.41) is -0.587. The number of aromatic nitrogens is 1. The molecule has 0 bridgehead atoms. The molecule has 1 aromatic heterocycles. The lowest BCUT2D eigenvalue weighted by atomic mass is 10.0. The molecule has 1 aromatic carbocycles. The van der Waals surface area contributed by atoms with Crippen molar-refractivity contribution in [1.29, 1.82) is 0 Å². The average Bonchev–Trinajstić information content (AvgIpc) is 2.71. The zero-order valence-corrected chi connectivity index (χ0v) is 8.99. The second-order valence-electron chi connectivity index (χ2n) is 3.77. The van der Waals surface area contributed by atoms with Crippen molar-refractivity contribution in [3.05, 3.63) is 35.8 Å². The summed E-state index contributed by atoms with van der Waals surface area (Å²) in [6.45, 7) is 0. The number of fused-ring (bicyclic) bond motifs is 1. The van der Waals surface area contributed by atoms with Crippen LogP contribution in [-0.2, 0) is 0 Å². The van der Waals surface area contributed by atoms with E-state index < -0.39 is 34.6 Å². The lowest BCUT2D eigenvalue weighted by Crippen LogP contribution is -2.44. The van der Waals surface area contributed by atoms with Crippen LogP contribution < -0.4 is 0 Å². The molecule has 0 saturated heterocycles. The van der Waals surface area contributed by atoms with E-state index in [0.29, 0.717) is 6.20 Å². The van der Waals surface area contributed by atoms with Crippen LogP contribution >= 0.6 is 0 Å². The van der Waals surface area contributed by atoms with E-state index in [2.05, 4.69) is 4.98 Å². The van der Waals surface area contributed by atoms with E-state index in [4.69, 9.17) is 0 Å². The highest BCUT2D eigenvalue weighted by molar-refractivity contribution is 6.11. The lowest BCUT2D eigenvalue weighted by Gasteiger charge is -2.17. The van der Waals surface area contributed by atoms with Crippen LogP contribution in [0.5, 0.6) is 0 Å². The quantitative estimate of drug-likeness (QED) is 0.661. The van der Waals surface area contributed by atoms with E-state index in [1.165, 1.54) is 12.1 Å². The Balaban J connectivity index is 2.61. The van der Waals surface area contributed by atoms with E-state index in [1.807, 2.05) is 0 Å². The predicted molar refractivity (Wildman–Crippen MR) is 53.6 cm³/mol. The molecule has 2 nitrogen and oxygen atoms in total. The molecule has 0 unspecified atom stereocenters. The summed E-state index contributed by atoms with van der Waals surface area (Å²) in [6.07, 6.45) is -5.39. The molecular formula is C11H5F6NO. The molecule has 0 aliphatic rings. The Hall–Kier alpha value is -1.99. The highest BCUT2D eigenvalue weighted by Gasteiger charge is 2.63. The molecule has 19 heavy (non-hydrogen) atoms. The van der Waals surface area contributed by atoms with Gasteiger partial charge in [0.05, 0.1) is 5.56 Å². The number of alkyl halides is 5. The Morgan fingerprint density at radius 1 is 1.11 bits per heavy atom. The zero-order valence-electron chi connectivity index (χ0n) is 8.99. The summed E-state index contributed by atoms with van der Waals surface area (Å²) in [7, 11) is 0. The summed E-state index contributed by atoms with van der Waals surface area (Å²) in [5.74, 6) is -9.11. The first kappa shape index (κ1) is 13.4. The van der Waals surface area contributed by atoms with Gasteiger partial charge in [-0.2, -0.15) is 22.0 Å². The molecule has 8 heteroatoms. The second kappa shape index (κ2) is 4.01. The molecule has 0 radical (unpaired) electrons. The van der Waals surface area contributed by atoms with Crippen LogP contribution in [0.3, 0.4) is 0 Å². The molecule has 0 amide bonds. The van der Waals surface area contributed by atoms with Crippen LogP contribution in [0.25, 0.3) is 10.9 Å². The maximum absolute atomic E-state index is 13.4. The number of carbonyl (C=O) groups excluding carboxylic acids is 1. The van der Waals surface area contributed by atoms with E-state index in [0.717, 1.165) is 6.07 Å². The Bertz CT molecular complexity index is 642. The van der Waals surface area contributed by atoms with Crippen molar-refractivity contribution in [1.82, 2.24) is 4.98 Å². The maximum atomic E-state index is 13.4. The third-order valence-electron chi connectivity index (χ3n) is 2.54. The van der Waals surface area contributed by atoms with Crippen molar-refractivity contribution >= 4 is 16.7 Å². The van der Waals surface area contributed by atoms with E-state index >= 15 is 0 Å². The Morgan fingerprint density at radius 2 is 1.74 bits per heavy atom. The van der Waals surface area contributed by atoms with Crippen LogP contribution in [0.4, 0.5) is 26.3 Å². The number of hydrogen-bond acceptors (Lipinski definition) is 1. The highest BCUT2D eigenvalue weighted by Crippen LogP contribution is 2.39. The van der Waals surface area contributed by atoms with Gasteiger partial charge in [-0.1, -0.05) is 6.07 Å². The number of ketones is 1. The minimum absolute atomic E-state index is 0.0404. The molecule has 0 atom stereocenters. The molecule has 0 aliphatic carbocycles. The summed E-state index contributed by atoms with van der Waals surface area (Å²) in [5.41, 5.74) is -1.07. The van der Waals surface area contributed by atoms with Gasteiger partial charge in [0.15, 0.2) is 0 Å². The van der Waals surface area contributed by atoms with Gasteiger partial charge in [0.25, 0.3) is 0 Å². The molecule has 0 saturated carbocycles. The van der Waals surface area contributed by atoms with Gasteiger partial charge in [0, 0.05) is 17.1 Å². The largest absolute Gasteiger partial charge is 0.461 e. The maximum Gasteiger partial charge on any atom is 0.461 e. The number of halogens is 6.